The van der Waals surface area contributed by atoms with Crippen molar-refractivity contribution in [3.8, 4) is 0 Å². The number of carbonyl (C=O) groups excluding carboxylic acids is 1. The molecule has 112 valence electrons. The average molecular weight is 268 g/mol. The topological polar surface area (TPSA) is 26.3 Å². The van der Waals surface area contributed by atoms with Gasteiger partial charge in [0, 0.05) is 6.42 Å². The molecule has 0 unspecified atom stereocenters. The Balaban J connectivity index is 3.05. The molecule has 0 atom stereocenters. The maximum Gasteiger partial charge on any atom is 0.305 e. The fourth-order valence-corrected chi connectivity index (χ4v) is 2.10. The second-order valence-electron chi connectivity index (χ2n) is 5.20. The molecule has 0 heterocycles. The van der Waals surface area contributed by atoms with Gasteiger partial charge in [0.15, 0.2) is 0 Å². The minimum atomic E-state index is -0.0730. The molecule has 0 saturated heterocycles. The van der Waals surface area contributed by atoms with E-state index in [4.69, 9.17) is 0 Å². The predicted molar refractivity (Wildman–Crippen MR) is 82.2 cm³/mol. The second-order valence-corrected chi connectivity index (χ2v) is 5.20. The van der Waals surface area contributed by atoms with Crippen molar-refractivity contribution in [1.29, 1.82) is 0 Å². The molecule has 19 heavy (non-hydrogen) atoms. The molecular formula is C17H32O2. The van der Waals surface area contributed by atoms with Gasteiger partial charge in [0.05, 0.1) is 7.11 Å². The molecule has 2 heteroatoms. The number of allylic oxidation sites excluding steroid dienone is 2. The number of hydrogen-bond donors (Lipinski definition) is 0. The van der Waals surface area contributed by atoms with Gasteiger partial charge in [0.1, 0.15) is 0 Å². The smallest absolute Gasteiger partial charge is 0.305 e. The minimum Gasteiger partial charge on any atom is -0.469 e. The Kier molecular flexibility index (Phi) is 14.6. The highest BCUT2D eigenvalue weighted by Gasteiger charge is 1.98. The van der Waals surface area contributed by atoms with Crippen LogP contribution in [0.1, 0.15) is 84.0 Å². The zero-order chi connectivity index (χ0) is 14.2. The molecule has 0 aromatic carbocycles. The highest BCUT2D eigenvalue weighted by Crippen LogP contribution is 2.11. The van der Waals surface area contributed by atoms with Gasteiger partial charge in [-0.2, -0.15) is 0 Å². The molecule has 0 radical (unpaired) electrons. The van der Waals surface area contributed by atoms with Gasteiger partial charge >= 0.3 is 5.97 Å². The molecule has 0 saturated carbocycles. The van der Waals surface area contributed by atoms with Crippen LogP contribution in [0.3, 0.4) is 0 Å². The number of unbranched alkanes of at least 4 members (excludes halogenated alkanes) is 9. The lowest BCUT2D eigenvalue weighted by atomic mass is 10.1. The van der Waals surface area contributed by atoms with E-state index < -0.39 is 0 Å². The molecule has 0 amide bonds. The average Bonchev–Trinajstić information content (AvgIpc) is 2.43. The highest BCUT2D eigenvalue weighted by atomic mass is 16.5. The van der Waals surface area contributed by atoms with Gasteiger partial charge in [-0.25, -0.2) is 0 Å². The Morgan fingerprint density at radius 2 is 1.37 bits per heavy atom. The molecule has 0 rings (SSSR count). The summed E-state index contributed by atoms with van der Waals surface area (Å²) >= 11 is 0. The first kappa shape index (κ1) is 18.2. The van der Waals surface area contributed by atoms with Gasteiger partial charge in [-0.1, -0.05) is 64.0 Å². The van der Waals surface area contributed by atoms with Crippen molar-refractivity contribution in [2.75, 3.05) is 7.11 Å². The first-order valence-electron chi connectivity index (χ1n) is 8.03. The van der Waals surface area contributed by atoms with Gasteiger partial charge in [-0.15, -0.1) is 0 Å². The third-order valence-electron chi connectivity index (χ3n) is 3.35. The molecule has 0 aromatic rings. The van der Waals surface area contributed by atoms with Crippen molar-refractivity contribution >= 4 is 5.97 Å². The fraction of sp³-hybridized carbons (Fsp3) is 0.824. The first-order valence-corrected chi connectivity index (χ1v) is 8.03. The van der Waals surface area contributed by atoms with Crippen molar-refractivity contribution in [2.24, 2.45) is 0 Å². The van der Waals surface area contributed by atoms with Crippen LogP contribution in [0.5, 0.6) is 0 Å². The van der Waals surface area contributed by atoms with Crippen molar-refractivity contribution in [3.63, 3.8) is 0 Å². The van der Waals surface area contributed by atoms with Crippen LogP contribution >= 0.6 is 0 Å². The van der Waals surface area contributed by atoms with Crippen LogP contribution in [-0.4, -0.2) is 13.1 Å². The lowest BCUT2D eigenvalue weighted by Crippen LogP contribution is -1.99. The third-order valence-corrected chi connectivity index (χ3v) is 3.35. The van der Waals surface area contributed by atoms with Crippen LogP contribution in [0.15, 0.2) is 12.2 Å². The van der Waals surface area contributed by atoms with Crippen LogP contribution in [0.25, 0.3) is 0 Å². The third kappa shape index (κ3) is 15.2. The molecule has 0 aliphatic rings. The van der Waals surface area contributed by atoms with E-state index in [2.05, 4.69) is 23.8 Å². The summed E-state index contributed by atoms with van der Waals surface area (Å²) in [6.07, 6.45) is 19.1. The summed E-state index contributed by atoms with van der Waals surface area (Å²) in [5.74, 6) is -0.0730. The number of rotatable bonds is 13. The molecular weight excluding hydrogens is 236 g/mol. The molecule has 0 aliphatic heterocycles. The number of esters is 1. The molecule has 0 bridgehead atoms. The summed E-state index contributed by atoms with van der Waals surface area (Å²) in [7, 11) is 1.46. The van der Waals surface area contributed by atoms with Crippen LogP contribution in [0, 0.1) is 0 Å². The summed E-state index contributed by atoms with van der Waals surface area (Å²) < 4.78 is 4.61. The molecule has 2 nitrogen and oxygen atoms in total. The Bertz CT molecular complexity index is 221. The molecule has 0 aliphatic carbocycles. The normalized spacial score (nSPS) is 11.1. The quantitative estimate of drug-likeness (QED) is 0.253. The molecule has 0 aromatic heterocycles. The van der Waals surface area contributed by atoms with Gasteiger partial charge in [0.2, 0.25) is 0 Å². The highest BCUT2D eigenvalue weighted by molar-refractivity contribution is 5.68. The standard InChI is InChI=1S/C17H32O2/c1-3-4-5-6-7-8-9-10-11-12-13-14-15-16-17(18)19-2/h5-6H,3-4,7-16H2,1-2H3. The summed E-state index contributed by atoms with van der Waals surface area (Å²) in [6, 6.07) is 0. The van der Waals surface area contributed by atoms with Crippen molar-refractivity contribution in [1.82, 2.24) is 0 Å². The monoisotopic (exact) mass is 268 g/mol. The van der Waals surface area contributed by atoms with Gasteiger partial charge in [-0.3, -0.25) is 4.79 Å². The summed E-state index contributed by atoms with van der Waals surface area (Å²) in [5, 5.41) is 0. The summed E-state index contributed by atoms with van der Waals surface area (Å²) in [5.41, 5.74) is 0. The Hall–Kier alpha value is -0.790. The second kappa shape index (κ2) is 15.3. The summed E-state index contributed by atoms with van der Waals surface area (Å²) in [4.78, 5) is 10.9. The van der Waals surface area contributed by atoms with Crippen LogP contribution in [0.2, 0.25) is 0 Å². The first-order chi connectivity index (χ1) is 9.31. The molecule has 0 spiro atoms. The van der Waals surface area contributed by atoms with E-state index in [-0.39, 0.29) is 5.97 Å². The van der Waals surface area contributed by atoms with Crippen molar-refractivity contribution in [2.45, 2.75) is 84.0 Å². The lowest BCUT2D eigenvalue weighted by Gasteiger charge is -2.01. The molecule has 0 N–H and O–H groups in total. The van der Waals surface area contributed by atoms with Crippen LogP contribution < -0.4 is 0 Å². The zero-order valence-corrected chi connectivity index (χ0v) is 13.0. The van der Waals surface area contributed by atoms with Gasteiger partial charge in [0.25, 0.3) is 0 Å². The van der Waals surface area contributed by atoms with E-state index in [0.717, 1.165) is 12.8 Å². The Morgan fingerprint density at radius 3 is 1.95 bits per heavy atom. The number of carbonyl (C=O) groups is 1. The maximum absolute atomic E-state index is 10.9. The van der Waals surface area contributed by atoms with Crippen LogP contribution in [-0.2, 0) is 9.53 Å². The maximum atomic E-state index is 10.9. The summed E-state index contributed by atoms with van der Waals surface area (Å²) in [6.45, 7) is 2.22. The minimum absolute atomic E-state index is 0.0730. The van der Waals surface area contributed by atoms with E-state index in [9.17, 15) is 4.79 Å². The predicted octanol–water partition coefficient (Wildman–Crippen LogP) is 5.42. The van der Waals surface area contributed by atoms with E-state index in [1.54, 1.807) is 0 Å². The zero-order valence-electron chi connectivity index (χ0n) is 13.0. The Morgan fingerprint density at radius 1 is 0.842 bits per heavy atom. The largest absolute Gasteiger partial charge is 0.469 e. The van der Waals surface area contributed by atoms with E-state index in [1.165, 1.54) is 64.9 Å². The van der Waals surface area contributed by atoms with E-state index in [0.29, 0.717) is 6.42 Å². The van der Waals surface area contributed by atoms with E-state index in [1.807, 2.05) is 0 Å². The van der Waals surface area contributed by atoms with Gasteiger partial charge in [-0.05, 0) is 25.7 Å². The number of hydrogen-bond acceptors (Lipinski definition) is 2. The molecule has 0 fully saturated rings. The van der Waals surface area contributed by atoms with Crippen LogP contribution in [0.4, 0.5) is 0 Å². The fourth-order valence-electron chi connectivity index (χ4n) is 2.10. The number of ether oxygens (including phenoxy) is 1. The van der Waals surface area contributed by atoms with E-state index >= 15 is 0 Å². The van der Waals surface area contributed by atoms with Crippen molar-refractivity contribution < 1.29 is 9.53 Å². The Labute approximate surface area is 119 Å². The number of methoxy groups -OCH3 is 1. The van der Waals surface area contributed by atoms with Gasteiger partial charge < -0.3 is 4.74 Å². The van der Waals surface area contributed by atoms with Crippen molar-refractivity contribution in [3.05, 3.63) is 12.2 Å². The lowest BCUT2D eigenvalue weighted by molar-refractivity contribution is -0.140. The SMILES string of the molecule is CCCC=CCCCCCCCCCCC(=O)OC.